The molecule has 0 radical (unpaired) electrons. The van der Waals surface area contributed by atoms with Gasteiger partial charge in [-0.1, -0.05) is 31.2 Å². The van der Waals surface area contributed by atoms with Crippen LogP contribution in [0.25, 0.3) is 0 Å². The Balaban J connectivity index is 1.57. The fraction of sp³-hybridized carbons (Fsp3) is 0.409. The standard InChI is InChI=1S/C22H27FN2O/c1-16-4-3-13-25(14-16)15-18-5-7-20(8-6-18)22(26)24-17(2)19-9-11-21(23)12-10-19/h5-12,16-17H,3-4,13-15H2,1-2H3,(H,24,26)/t16-,17+/m1/s1. The van der Waals surface area contributed by atoms with Crippen molar-refractivity contribution in [2.24, 2.45) is 5.92 Å². The highest BCUT2D eigenvalue weighted by Gasteiger charge is 2.16. The molecule has 0 saturated carbocycles. The topological polar surface area (TPSA) is 32.3 Å². The van der Waals surface area contributed by atoms with E-state index in [2.05, 4.69) is 17.1 Å². The SMILES string of the molecule is C[C@@H]1CCCN(Cc2ccc(C(=O)N[C@@H](C)c3ccc(F)cc3)cc2)C1. The van der Waals surface area contributed by atoms with Crippen molar-refractivity contribution in [1.29, 1.82) is 0 Å². The Morgan fingerprint density at radius 1 is 1.19 bits per heavy atom. The number of halogens is 1. The fourth-order valence-electron chi connectivity index (χ4n) is 3.56. The number of carbonyl (C=O) groups is 1. The molecule has 1 N–H and O–H groups in total. The van der Waals surface area contributed by atoms with Crippen molar-refractivity contribution < 1.29 is 9.18 Å². The van der Waals surface area contributed by atoms with E-state index in [0.29, 0.717) is 5.56 Å². The highest BCUT2D eigenvalue weighted by atomic mass is 19.1. The molecule has 1 saturated heterocycles. The third-order valence-electron chi connectivity index (χ3n) is 5.08. The van der Waals surface area contributed by atoms with Crippen LogP contribution in [-0.2, 0) is 6.54 Å². The highest BCUT2D eigenvalue weighted by molar-refractivity contribution is 5.94. The zero-order chi connectivity index (χ0) is 18.5. The average Bonchev–Trinajstić information content (AvgIpc) is 2.63. The first-order valence-electron chi connectivity index (χ1n) is 9.39. The van der Waals surface area contributed by atoms with Crippen LogP contribution >= 0.6 is 0 Å². The van der Waals surface area contributed by atoms with E-state index in [1.807, 2.05) is 31.2 Å². The minimum Gasteiger partial charge on any atom is -0.346 e. The smallest absolute Gasteiger partial charge is 0.251 e. The second-order valence-electron chi connectivity index (χ2n) is 7.43. The average molecular weight is 354 g/mol. The molecule has 1 fully saturated rings. The molecule has 0 spiro atoms. The molecule has 4 heteroatoms. The third kappa shape index (κ3) is 4.92. The summed E-state index contributed by atoms with van der Waals surface area (Å²) in [6.07, 6.45) is 2.59. The Hall–Kier alpha value is -2.20. The number of amides is 1. The summed E-state index contributed by atoms with van der Waals surface area (Å²) in [5.74, 6) is 0.382. The lowest BCUT2D eigenvalue weighted by molar-refractivity contribution is 0.0940. The molecule has 1 aliphatic heterocycles. The normalized spacial score (nSPS) is 19.1. The second-order valence-corrected chi connectivity index (χ2v) is 7.43. The summed E-state index contributed by atoms with van der Waals surface area (Å²) >= 11 is 0. The van der Waals surface area contributed by atoms with E-state index in [9.17, 15) is 9.18 Å². The zero-order valence-electron chi connectivity index (χ0n) is 15.5. The van der Waals surface area contributed by atoms with Gasteiger partial charge in [-0.3, -0.25) is 9.69 Å². The minimum atomic E-state index is -0.272. The van der Waals surface area contributed by atoms with Gasteiger partial charge in [0.2, 0.25) is 0 Å². The molecule has 2 aromatic rings. The summed E-state index contributed by atoms with van der Waals surface area (Å²) in [5, 5.41) is 2.97. The molecule has 0 aromatic heterocycles. The van der Waals surface area contributed by atoms with Crippen LogP contribution in [0.3, 0.4) is 0 Å². The van der Waals surface area contributed by atoms with Crippen LogP contribution in [0.1, 0.15) is 54.2 Å². The van der Waals surface area contributed by atoms with Crippen molar-refractivity contribution in [1.82, 2.24) is 10.2 Å². The molecule has 1 amide bonds. The molecule has 0 bridgehead atoms. The van der Waals surface area contributed by atoms with Crippen molar-refractivity contribution in [3.05, 3.63) is 71.0 Å². The van der Waals surface area contributed by atoms with Crippen LogP contribution in [0.2, 0.25) is 0 Å². The van der Waals surface area contributed by atoms with E-state index in [4.69, 9.17) is 0 Å². The molecule has 26 heavy (non-hydrogen) atoms. The predicted molar refractivity (Wildman–Crippen MR) is 102 cm³/mol. The Bertz CT molecular complexity index is 727. The maximum Gasteiger partial charge on any atom is 0.251 e. The number of hydrogen-bond acceptors (Lipinski definition) is 2. The van der Waals surface area contributed by atoms with E-state index in [1.54, 1.807) is 12.1 Å². The maximum atomic E-state index is 13.0. The summed E-state index contributed by atoms with van der Waals surface area (Å²) in [5.41, 5.74) is 2.77. The van der Waals surface area contributed by atoms with Crippen molar-refractivity contribution in [3.63, 3.8) is 0 Å². The summed E-state index contributed by atoms with van der Waals surface area (Å²) in [4.78, 5) is 14.9. The molecule has 1 heterocycles. The van der Waals surface area contributed by atoms with E-state index >= 15 is 0 Å². The number of piperidine rings is 1. The second kappa shape index (κ2) is 8.45. The Kier molecular flexibility index (Phi) is 6.04. The van der Waals surface area contributed by atoms with Gasteiger partial charge in [0, 0.05) is 18.7 Å². The van der Waals surface area contributed by atoms with Crippen LogP contribution in [-0.4, -0.2) is 23.9 Å². The Labute approximate surface area is 155 Å². The first kappa shape index (κ1) is 18.6. The van der Waals surface area contributed by atoms with E-state index < -0.39 is 0 Å². The van der Waals surface area contributed by atoms with Crippen molar-refractivity contribution in [3.8, 4) is 0 Å². The van der Waals surface area contributed by atoms with Crippen LogP contribution in [0, 0.1) is 11.7 Å². The van der Waals surface area contributed by atoms with Gasteiger partial charge < -0.3 is 5.32 Å². The van der Waals surface area contributed by atoms with Gasteiger partial charge >= 0.3 is 0 Å². The van der Waals surface area contributed by atoms with Crippen LogP contribution in [0.15, 0.2) is 48.5 Å². The monoisotopic (exact) mass is 354 g/mol. The highest BCUT2D eigenvalue weighted by Crippen LogP contribution is 2.18. The Morgan fingerprint density at radius 2 is 1.88 bits per heavy atom. The third-order valence-corrected chi connectivity index (χ3v) is 5.08. The van der Waals surface area contributed by atoms with Crippen LogP contribution < -0.4 is 5.32 Å². The molecule has 138 valence electrons. The summed E-state index contributed by atoms with van der Waals surface area (Å²) in [7, 11) is 0. The molecule has 0 unspecified atom stereocenters. The summed E-state index contributed by atoms with van der Waals surface area (Å²) < 4.78 is 13.0. The Morgan fingerprint density at radius 3 is 2.54 bits per heavy atom. The van der Waals surface area contributed by atoms with Gasteiger partial charge in [0.1, 0.15) is 5.82 Å². The van der Waals surface area contributed by atoms with Crippen molar-refractivity contribution in [2.45, 2.75) is 39.3 Å². The number of carbonyl (C=O) groups excluding carboxylic acids is 1. The lowest BCUT2D eigenvalue weighted by atomic mass is 9.99. The molecule has 2 aromatic carbocycles. The molecule has 2 atom stereocenters. The van der Waals surface area contributed by atoms with Crippen molar-refractivity contribution >= 4 is 5.91 Å². The minimum absolute atomic E-state index is 0.111. The fourth-order valence-corrected chi connectivity index (χ4v) is 3.56. The van der Waals surface area contributed by atoms with E-state index in [-0.39, 0.29) is 17.8 Å². The zero-order valence-corrected chi connectivity index (χ0v) is 15.5. The first-order valence-corrected chi connectivity index (χ1v) is 9.39. The molecular weight excluding hydrogens is 327 g/mol. The van der Waals surface area contributed by atoms with E-state index in [0.717, 1.165) is 31.1 Å². The maximum absolute atomic E-state index is 13.0. The van der Waals surface area contributed by atoms with Gasteiger partial charge in [0.05, 0.1) is 6.04 Å². The van der Waals surface area contributed by atoms with Gasteiger partial charge in [-0.2, -0.15) is 0 Å². The quantitative estimate of drug-likeness (QED) is 0.854. The van der Waals surface area contributed by atoms with Crippen molar-refractivity contribution in [2.75, 3.05) is 13.1 Å². The number of nitrogens with one attached hydrogen (secondary N) is 1. The van der Waals surface area contributed by atoms with Crippen LogP contribution in [0.4, 0.5) is 4.39 Å². The predicted octanol–water partition coefficient (Wildman–Crippen LogP) is 4.55. The lowest BCUT2D eigenvalue weighted by Gasteiger charge is -2.30. The number of hydrogen-bond donors (Lipinski definition) is 1. The van der Waals surface area contributed by atoms with E-state index in [1.165, 1.54) is 30.5 Å². The van der Waals surface area contributed by atoms with Gasteiger partial charge in [-0.25, -0.2) is 4.39 Å². The molecule has 3 rings (SSSR count). The molecule has 3 nitrogen and oxygen atoms in total. The number of benzene rings is 2. The van der Waals surface area contributed by atoms with Gasteiger partial charge in [-0.15, -0.1) is 0 Å². The first-order chi connectivity index (χ1) is 12.5. The lowest BCUT2D eigenvalue weighted by Crippen LogP contribution is -2.33. The van der Waals surface area contributed by atoms with Crippen LogP contribution in [0.5, 0.6) is 0 Å². The molecule has 1 aliphatic rings. The molecular formula is C22H27FN2O. The van der Waals surface area contributed by atoms with Gasteiger partial charge in [0.25, 0.3) is 5.91 Å². The molecule has 0 aliphatic carbocycles. The summed E-state index contributed by atoms with van der Waals surface area (Å²) in [6, 6.07) is 13.9. The summed E-state index contributed by atoms with van der Waals surface area (Å²) in [6.45, 7) is 7.45. The number of rotatable bonds is 5. The van der Waals surface area contributed by atoms with Gasteiger partial charge in [0.15, 0.2) is 0 Å². The number of nitrogens with zero attached hydrogens (tertiary/aromatic N) is 1. The number of likely N-dealkylation sites (tertiary alicyclic amines) is 1. The van der Waals surface area contributed by atoms with Gasteiger partial charge in [-0.05, 0) is 67.6 Å². The largest absolute Gasteiger partial charge is 0.346 e.